The first-order chi connectivity index (χ1) is 11.2. The highest BCUT2D eigenvalue weighted by Gasteiger charge is 2.17. The molecule has 7 heteroatoms. The number of hydrogen-bond donors (Lipinski definition) is 3. The number of amides is 2. The molecule has 0 fully saturated rings. The number of carbonyl (C=O) groups is 1. The maximum Gasteiger partial charge on any atom is 0.315 e. The number of rotatable bonds is 7. The molecule has 3 N–H and O–H groups in total. The monoisotopic (exact) mass is 323 g/mol. The van der Waals surface area contributed by atoms with Gasteiger partial charge in [-0.05, 0) is 18.8 Å². The summed E-state index contributed by atoms with van der Waals surface area (Å²) < 4.78 is 2.12. The van der Waals surface area contributed by atoms with Gasteiger partial charge < -0.3 is 20.3 Å². The number of fused-ring (bicyclic) bond motifs is 1. The van der Waals surface area contributed by atoms with Gasteiger partial charge in [0.05, 0.1) is 12.6 Å². The lowest BCUT2D eigenvalue weighted by Crippen LogP contribution is -2.41. The van der Waals surface area contributed by atoms with Crippen molar-refractivity contribution in [3.05, 3.63) is 11.6 Å². The molecule has 1 atom stereocenters. The van der Waals surface area contributed by atoms with Gasteiger partial charge in [0.1, 0.15) is 5.82 Å². The van der Waals surface area contributed by atoms with Crippen LogP contribution in [-0.4, -0.2) is 38.6 Å². The number of nitrogens with zero attached hydrogens (tertiary/aromatic N) is 3. The van der Waals surface area contributed by atoms with Gasteiger partial charge in [-0.3, -0.25) is 0 Å². The summed E-state index contributed by atoms with van der Waals surface area (Å²) in [5.74, 6) is 2.05. The van der Waals surface area contributed by atoms with Gasteiger partial charge in [0.2, 0.25) is 0 Å². The lowest BCUT2D eigenvalue weighted by molar-refractivity contribution is 0.103. The lowest BCUT2D eigenvalue weighted by Gasteiger charge is -2.20. The van der Waals surface area contributed by atoms with Crippen molar-refractivity contribution in [1.29, 1.82) is 0 Å². The summed E-state index contributed by atoms with van der Waals surface area (Å²) in [7, 11) is 0. The summed E-state index contributed by atoms with van der Waals surface area (Å²) >= 11 is 0. The topological polar surface area (TPSA) is 92.1 Å². The summed E-state index contributed by atoms with van der Waals surface area (Å²) in [6.07, 6.45) is 5.77. The predicted molar refractivity (Wildman–Crippen MR) is 87.9 cm³/mol. The van der Waals surface area contributed by atoms with Crippen LogP contribution < -0.4 is 10.6 Å². The number of aliphatic hydroxyl groups is 1. The van der Waals surface area contributed by atoms with Crippen LogP contribution in [-0.2, 0) is 19.5 Å². The maximum absolute atomic E-state index is 11.9. The minimum atomic E-state index is -0.500. The number of nitrogens with one attached hydrogen (secondary N) is 2. The van der Waals surface area contributed by atoms with E-state index in [2.05, 4.69) is 39.2 Å². The SMILES string of the molecule is CCC(CC)C(O)CNC(=O)NCc1nnc2n1CCCCC2. The minimum Gasteiger partial charge on any atom is -0.391 e. The first kappa shape index (κ1) is 17.7. The van der Waals surface area contributed by atoms with Gasteiger partial charge >= 0.3 is 6.03 Å². The molecule has 0 aliphatic carbocycles. The Hall–Kier alpha value is -1.63. The van der Waals surface area contributed by atoms with Crippen molar-refractivity contribution in [2.45, 2.75) is 71.6 Å². The van der Waals surface area contributed by atoms with Gasteiger partial charge in [-0.2, -0.15) is 0 Å². The fraction of sp³-hybridized carbons (Fsp3) is 0.812. The Morgan fingerprint density at radius 1 is 1.22 bits per heavy atom. The zero-order valence-corrected chi connectivity index (χ0v) is 14.2. The molecule has 0 spiro atoms. The standard InChI is InChI=1S/C16H29N5O2/c1-3-12(4-2)13(22)10-17-16(23)18-11-15-20-19-14-8-6-5-7-9-21(14)15/h12-13,22H,3-11H2,1-2H3,(H2,17,18,23). The molecule has 2 rings (SSSR count). The quantitative estimate of drug-likeness (QED) is 0.711. The third-order valence-electron chi connectivity index (χ3n) is 4.66. The summed E-state index contributed by atoms with van der Waals surface area (Å²) in [4.78, 5) is 11.9. The molecule has 1 unspecified atom stereocenters. The number of urea groups is 1. The highest BCUT2D eigenvalue weighted by atomic mass is 16.3. The van der Waals surface area contributed by atoms with Crippen molar-refractivity contribution in [2.75, 3.05) is 6.54 Å². The first-order valence-corrected chi connectivity index (χ1v) is 8.76. The number of hydrogen-bond acceptors (Lipinski definition) is 4. The molecule has 0 radical (unpaired) electrons. The fourth-order valence-corrected chi connectivity index (χ4v) is 3.09. The number of aliphatic hydroxyl groups excluding tert-OH is 1. The third kappa shape index (κ3) is 4.92. The van der Waals surface area contributed by atoms with E-state index in [0.29, 0.717) is 6.54 Å². The summed E-state index contributed by atoms with van der Waals surface area (Å²) in [5.41, 5.74) is 0. The van der Waals surface area contributed by atoms with Gasteiger partial charge in [0, 0.05) is 19.5 Å². The number of carbonyl (C=O) groups excluding carboxylic acids is 1. The maximum atomic E-state index is 11.9. The molecule has 0 saturated carbocycles. The summed E-state index contributed by atoms with van der Waals surface area (Å²) in [5, 5.41) is 24.0. The van der Waals surface area contributed by atoms with Crippen LogP contribution in [0.5, 0.6) is 0 Å². The molecular weight excluding hydrogens is 294 g/mol. The van der Waals surface area contributed by atoms with Crippen LogP contribution in [0.25, 0.3) is 0 Å². The molecule has 1 aromatic heterocycles. The van der Waals surface area contributed by atoms with Crippen molar-refractivity contribution in [2.24, 2.45) is 5.92 Å². The Morgan fingerprint density at radius 2 is 2.00 bits per heavy atom. The third-order valence-corrected chi connectivity index (χ3v) is 4.66. The highest BCUT2D eigenvalue weighted by molar-refractivity contribution is 5.73. The predicted octanol–water partition coefficient (Wildman–Crippen LogP) is 1.60. The van der Waals surface area contributed by atoms with Crippen molar-refractivity contribution < 1.29 is 9.90 Å². The molecule has 23 heavy (non-hydrogen) atoms. The van der Waals surface area contributed by atoms with E-state index in [1.165, 1.54) is 6.42 Å². The molecule has 0 saturated heterocycles. The van der Waals surface area contributed by atoms with E-state index in [1.807, 2.05) is 0 Å². The minimum absolute atomic E-state index is 0.225. The molecule has 130 valence electrons. The van der Waals surface area contributed by atoms with Crippen LogP contribution in [0.3, 0.4) is 0 Å². The second-order valence-corrected chi connectivity index (χ2v) is 6.20. The van der Waals surface area contributed by atoms with E-state index in [9.17, 15) is 9.90 Å². The van der Waals surface area contributed by atoms with Crippen molar-refractivity contribution in [1.82, 2.24) is 25.4 Å². The van der Waals surface area contributed by atoms with E-state index in [0.717, 1.165) is 50.3 Å². The zero-order chi connectivity index (χ0) is 16.7. The molecule has 1 aliphatic heterocycles. The normalized spacial score (nSPS) is 15.8. The Kier molecular flexibility index (Phi) is 6.83. The largest absolute Gasteiger partial charge is 0.391 e. The lowest BCUT2D eigenvalue weighted by atomic mass is 9.97. The van der Waals surface area contributed by atoms with E-state index < -0.39 is 6.10 Å². The summed E-state index contributed by atoms with van der Waals surface area (Å²) in [6.45, 7) is 5.66. The van der Waals surface area contributed by atoms with E-state index in [-0.39, 0.29) is 18.5 Å². The average molecular weight is 323 g/mol. The second kappa shape index (κ2) is 8.86. The van der Waals surface area contributed by atoms with E-state index in [1.54, 1.807) is 0 Å². The van der Waals surface area contributed by atoms with Gasteiger partial charge in [-0.25, -0.2) is 4.79 Å². The second-order valence-electron chi connectivity index (χ2n) is 6.20. The van der Waals surface area contributed by atoms with Crippen LogP contribution in [0.2, 0.25) is 0 Å². The Morgan fingerprint density at radius 3 is 2.74 bits per heavy atom. The molecule has 2 heterocycles. The van der Waals surface area contributed by atoms with Gasteiger partial charge in [-0.1, -0.05) is 33.1 Å². The van der Waals surface area contributed by atoms with Crippen molar-refractivity contribution in [3.63, 3.8) is 0 Å². The molecular formula is C16H29N5O2. The first-order valence-electron chi connectivity index (χ1n) is 8.76. The summed E-state index contributed by atoms with van der Waals surface area (Å²) in [6, 6.07) is -0.277. The number of aromatic nitrogens is 3. The molecule has 0 bridgehead atoms. The Labute approximate surface area is 137 Å². The molecule has 1 aromatic rings. The van der Waals surface area contributed by atoms with Crippen LogP contribution >= 0.6 is 0 Å². The van der Waals surface area contributed by atoms with Gasteiger partial charge in [0.15, 0.2) is 5.82 Å². The van der Waals surface area contributed by atoms with E-state index in [4.69, 9.17) is 0 Å². The van der Waals surface area contributed by atoms with E-state index >= 15 is 0 Å². The van der Waals surface area contributed by atoms with Crippen LogP contribution in [0.15, 0.2) is 0 Å². The number of aryl methyl sites for hydroxylation is 1. The highest BCUT2D eigenvalue weighted by Crippen LogP contribution is 2.14. The van der Waals surface area contributed by atoms with Crippen molar-refractivity contribution >= 4 is 6.03 Å². The van der Waals surface area contributed by atoms with Gasteiger partial charge in [-0.15, -0.1) is 10.2 Å². The molecule has 7 nitrogen and oxygen atoms in total. The molecule has 0 aromatic carbocycles. The van der Waals surface area contributed by atoms with Crippen LogP contribution in [0, 0.1) is 5.92 Å². The van der Waals surface area contributed by atoms with Crippen LogP contribution in [0.4, 0.5) is 4.79 Å². The molecule has 2 amide bonds. The Balaban J connectivity index is 1.78. The average Bonchev–Trinajstić information content (AvgIpc) is 2.78. The smallest absolute Gasteiger partial charge is 0.315 e. The van der Waals surface area contributed by atoms with Crippen LogP contribution in [0.1, 0.15) is 57.6 Å². The molecule has 1 aliphatic rings. The van der Waals surface area contributed by atoms with Gasteiger partial charge in [0.25, 0.3) is 0 Å². The Bertz CT molecular complexity index is 499. The fourth-order valence-electron chi connectivity index (χ4n) is 3.09. The zero-order valence-electron chi connectivity index (χ0n) is 14.2. The van der Waals surface area contributed by atoms with Crippen molar-refractivity contribution in [3.8, 4) is 0 Å².